The number of carbonyl (C=O) groups excluding carboxylic acids is 4. The third-order valence-corrected chi connectivity index (χ3v) is 9.32. The van der Waals surface area contributed by atoms with Gasteiger partial charge in [0, 0.05) is 25.2 Å². The zero-order chi connectivity index (χ0) is 33.4. The first-order valence-electron chi connectivity index (χ1n) is 16.8. The Labute approximate surface area is 270 Å². The Morgan fingerprint density at radius 2 is 1.53 bits per heavy atom. The lowest BCUT2D eigenvalue weighted by atomic mass is 9.95. The summed E-state index contributed by atoms with van der Waals surface area (Å²) in [5, 5.41) is 3.09. The summed E-state index contributed by atoms with van der Waals surface area (Å²) in [5.74, 6) is -1.02. The minimum Gasteiger partial charge on any atom is -0.456 e. The topological polar surface area (TPSA) is 99.3 Å². The van der Waals surface area contributed by atoms with Crippen molar-refractivity contribution in [3.8, 4) is 0 Å². The molecule has 9 nitrogen and oxygen atoms in total. The molecule has 0 spiro atoms. The molecule has 0 bridgehead atoms. The number of amides is 3. The highest BCUT2D eigenvalue weighted by atomic mass is 16.5. The van der Waals surface area contributed by atoms with Crippen molar-refractivity contribution in [1.29, 1.82) is 0 Å². The number of esters is 1. The van der Waals surface area contributed by atoms with Gasteiger partial charge in [-0.05, 0) is 77.3 Å². The molecular formula is C36H56N4O5. The van der Waals surface area contributed by atoms with E-state index in [0.717, 1.165) is 37.8 Å². The number of hydrogen-bond acceptors (Lipinski definition) is 6. The quantitative estimate of drug-likeness (QED) is 0.256. The summed E-state index contributed by atoms with van der Waals surface area (Å²) < 4.78 is 5.77. The van der Waals surface area contributed by atoms with E-state index in [1.165, 1.54) is 0 Å². The summed E-state index contributed by atoms with van der Waals surface area (Å²) in [4.78, 5) is 59.8. The summed E-state index contributed by atoms with van der Waals surface area (Å²) in [7, 11) is 1.74. The summed E-state index contributed by atoms with van der Waals surface area (Å²) in [5.41, 5.74) is 1.38. The van der Waals surface area contributed by atoms with Gasteiger partial charge in [-0.15, -0.1) is 0 Å². The largest absolute Gasteiger partial charge is 0.456 e. The first-order chi connectivity index (χ1) is 21.2. The van der Waals surface area contributed by atoms with Gasteiger partial charge in [0.05, 0.1) is 12.1 Å². The van der Waals surface area contributed by atoms with E-state index >= 15 is 0 Å². The van der Waals surface area contributed by atoms with Gasteiger partial charge in [0.25, 0.3) is 0 Å². The first kappa shape index (κ1) is 36.3. The second-order valence-electron chi connectivity index (χ2n) is 13.8. The second-order valence-corrected chi connectivity index (χ2v) is 13.8. The fraction of sp³-hybridized carbons (Fsp3) is 0.667. The average molecular weight is 625 g/mol. The minimum absolute atomic E-state index is 0.00560. The van der Waals surface area contributed by atoms with Crippen LogP contribution in [0.2, 0.25) is 0 Å². The maximum Gasteiger partial charge on any atom is 0.329 e. The second kappa shape index (κ2) is 16.4. The summed E-state index contributed by atoms with van der Waals surface area (Å²) in [6.45, 7) is 17.0. The molecule has 2 aliphatic rings. The van der Waals surface area contributed by atoms with Crippen molar-refractivity contribution in [2.75, 3.05) is 20.1 Å². The van der Waals surface area contributed by atoms with Crippen molar-refractivity contribution in [2.45, 2.75) is 124 Å². The Morgan fingerprint density at radius 3 is 2.13 bits per heavy atom. The predicted molar refractivity (Wildman–Crippen MR) is 177 cm³/mol. The third-order valence-electron chi connectivity index (χ3n) is 9.32. The molecular weight excluding hydrogens is 568 g/mol. The lowest BCUT2D eigenvalue weighted by molar-refractivity contribution is -0.156. The Bertz CT molecular complexity index is 1200. The van der Waals surface area contributed by atoms with Gasteiger partial charge in [-0.2, -0.15) is 0 Å². The molecule has 0 aromatic heterocycles. The lowest BCUT2D eigenvalue weighted by Gasteiger charge is -2.39. The van der Waals surface area contributed by atoms with Crippen molar-refractivity contribution < 1.29 is 23.9 Å². The summed E-state index contributed by atoms with van der Waals surface area (Å²) in [6.07, 6.45) is 5.54. The number of carbonyl (C=O) groups is 4. The molecule has 1 unspecified atom stereocenters. The summed E-state index contributed by atoms with van der Waals surface area (Å²) >= 11 is 0. The number of nitrogens with zero attached hydrogens (tertiary/aromatic N) is 3. The van der Waals surface area contributed by atoms with Gasteiger partial charge in [-0.3, -0.25) is 19.3 Å². The molecule has 2 heterocycles. The Balaban J connectivity index is 1.73. The number of benzene rings is 1. The van der Waals surface area contributed by atoms with Crippen molar-refractivity contribution >= 4 is 23.7 Å². The van der Waals surface area contributed by atoms with Gasteiger partial charge in [0.1, 0.15) is 18.2 Å². The molecule has 2 saturated heterocycles. The highest BCUT2D eigenvalue weighted by molar-refractivity contribution is 5.96. The van der Waals surface area contributed by atoms with Crippen LogP contribution in [0.25, 0.3) is 0 Å². The van der Waals surface area contributed by atoms with Crippen molar-refractivity contribution in [1.82, 2.24) is 20.0 Å². The highest BCUT2D eigenvalue weighted by Gasteiger charge is 2.38. The third kappa shape index (κ3) is 9.18. The number of hydrogen-bond donors (Lipinski definition) is 1. The van der Waals surface area contributed by atoms with Gasteiger partial charge in [-0.25, -0.2) is 4.79 Å². The van der Waals surface area contributed by atoms with Crippen LogP contribution in [0, 0.1) is 11.8 Å². The predicted octanol–water partition coefficient (Wildman–Crippen LogP) is 5.11. The Kier molecular flexibility index (Phi) is 13.2. The minimum atomic E-state index is -0.687. The van der Waals surface area contributed by atoms with Crippen LogP contribution < -0.4 is 5.32 Å². The van der Waals surface area contributed by atoms with Crippen LogP contribution in [0.5, 0.6) is 0 Å². The molecule has 1 N–H and O–H groups in total. The number of rotatable bonds is 12. The van der Waals surface area contributed by atoms with Crippen LogP contribution in [0.4, 0.5) is 0 Å². The molecule has 1 aromatic carbocycles. The van der Waals surface area contributed by atoms with Crippen molar-refractivity contribution in [3.05, 3.63) is 47.5 Å². The summed E-state index contributed by atoms with van der Waals surface area (Å²) in [6, 6.07) is 7.84. The van der Waals surface area contributed by atoms with E-state index in [2.05, 4.69) is 24.1 Å². The van der Waals surface area contributed by atoms with Crippen LogP contribution in [-0.4, -0.2) is 88.7 Å². The molecule has 3 rings (SSSR count). The van der Waals surface area contributed by atoms with Gasteiger partial charge < -0.3 is 19.9 Å². The van der Waals surface area contributed by atoms with Gasteiger partial charge in [0.15, 0.2) is 0 Å². The van der Waals surface area contributed by atoms with Gasteiger partial charge in [0.2, 0.25) is 17.7 Å². The SMILES string of the molecule is CC(=C[C@H](C(C)C)N(C)C(=O)[C@@H](NC(=O)[C@H]1CCCCN1C(C)C)C(C)C)C(=O)N1CCC[C@H]1C(=O)OC(C)c1ccccc1. The Morgan fingerprint density at radius 1 is 0.889 bits per heavy atom. The zero-order valence-electron chi connectivity index (χ0n) is 28.9. The van der Waals surface area contributed by atoms with E-state index in [4.69, 9.17) is 4.74 Å². The van der Waals surface area contributed by atoms with Crippen LogP contribution in [0.1, 0.15) is 99.2 Å². The van der Waals surface area contributed by atoms with Crippen LogP contribution >= 0.6 is 0 Å². The van der Waals surface area contributed by atoms with Gasteiger partial charge in [-0.1, -0.05) is 70.5 Å². The monoisotopic (exact) mass is 624 g/mol. The van der Waals surface area contributed by atoms with E-state index in [1.807, 2.05) is 71.0 Å². The van der Waals surface area contributed by atoms with E-state index in [1.54, 1.807) is 23.8 Å². The molecule has 1 aromatic rings. The lowest BCUT2D eigenvalue weighted by Crippen LogP contribution is -2.58. The molecule has 2 aliphatic heterocycles. The van der Waals surface area contributed by atoms with Crippen molar-refractivity contribution in [3.63, 3.8) is 0 Å². The maximum atomic E-state index is 13.9. The Hall–Kier alpha value is -3.20. The van der Waals surface area contributed by atoms with E-state index in [9.17, 15) is 19.2 Å². The van der Waals surface area contributed by atoms with Crippen LogP contribution in [-0.2, 0) is 23.9 Å². The fourth-order valence-corrected chi connectivity index (χ4v) is 6.59. The molecule has 45 heavy (non-hydrogen) atoms. The van der Waals surface area contributed by atoms with Crippen LogP contribution in [0.15, 0.2) is 42.0 Å². The molecule has 9 heteroatoms. The van der Waals surface area contributed by atoms with E-state index < -0.39 is 24.2 Å². The molecule has 250 valence electrons. The van der Waals surface area contributed by atoms with E-state index in [-0.39, 0.29) is 47.7 Å². The van der Waals surface area contributed by atoms with Crippen LogP contribution in [0.3, 0.4) is 0 Å². The molecule has 5 atom stereocenters. The molecule has 0 saturated carbocycles. The molecule has 3 amide bonds. The number of likely N-dealkylation sites (tertiary alicyclic amines) is 2. The number of ether oxygens (including phenoxy) is 1. The standard InChI is InChI=1S/C36H56N4O5/c1-23(2)31(38(9)35(43)32(24(3)4)37-33(41)29-18-13-14-20-39(29)25(5)6)22-26(7)34(42)40-21-15-19-30(40)36(44)45-27(8)28-16-11-10-12-17-28/h10-12,16-17,22-25,27,29-32H,13-15,18-21H2,1-9H3,(H,37,41)/t27?,29-,30+,31-,32+/m1/s1. The number of piperidine rings is 1. The fourth-order valence-electron chi connectivity index (χ4n) is 6.59. The smallest absolute Gasteiger partial charge is 0.329 e. The first-order valence-corrected chi connectivity index (χ1v) is 16.8. The maximum absolute atomic E-state index is 13.9. The highest BCUT2D eigenvalue weighted by Crippen LogP contribution is 2.26. The zero-order valence-corrected chi connectivity index (χ0v) is 28.9. The number of nitrogens with one attached hydrogen (secondary N) is 1. The van der Waals surface area contributed by atoms with Crippen molar-refractivity contribution in [2.24, 2.45) is 11.8 Å². The molecule has 0 radical (unpaired) electrons. The number of likely N-dealkylation sites (N-methyl/N-ethyl adjacent to an activating group) is 1. The normalized spacial score (nSPS) is 21.5. The van der Waals surface area contributed by atoms with E-state index in [0.29, 0.717) is 18.5 Å². The van der Waals surface area contributed by atoms with Gasteiger partial charge >= 0.3 is 5.97 Å². The average Bonchev–Trinajstić information content (AvgIpc) is 3.51. The molecule has 2 fully saturated rings. The molecule has 0 aliphatic carbocycles.